The number of rotatable bonds is 1. The molecule has 0 radical (unpaired) electrons. The molecule has 1 aromatic heterocycles. The normalized spacial score (nSPS) is 18.8. The minimum atomic E-state index is -0.296. The summed E-state index contributed by atoms with van der Waals surface area (Å²) >= 11 is 0. The van der Waals surface area contributed by atoms with Gasteiger partial charge in [-0.05, 0) is 53.8 Å². The zero-order valence-corrected chi connectivity index (χ0v) is 13.6. The van der Waals surface area contributed by atoms with Crippen molar-refractivity contribution >= 4 is 22.5 Å². The molecule has 0 bridgehead atoms. The summed E-state index contributed by atoms with van der Waals surface area (Å²) in [5.41, 5.74) is 5.48. The highest BCUT2D eigenvalue weighted by molar-refractivity contribution is 6.07. The van der Waals surface area contributed by atoms with Crippen molar-refractivity contribution in [3.05, 3.63) is 54.2 Å². The average molecular weight is 316 g/mol. The number of aromatic amines is 1. The Morgan fingerprint density at radius 2 is 1.83 bits per heavy atom. The Hall–Kier alpha value is -2.55. The standard InChI is InChI=1S/C21H20N2O/c24-20-21(10-2-1-3-11-21)17-13-14(7-8-19(17)23-20)15-5-4-6-18-16(15)9-12-22-18/h4-9,12-13,22H,1-3,10-11H2,(H,23,24). The second-order valence-corrected chi connectivity index (χ2v) is 7.10. The molecule has 2 N–H and O–H groups in total. The molecule has 3 heteroatoms. The van der Waals surface area contributed by atoms with Gasteiger partial charge < -0.3 is 10.3 Å². The van der Waals surface area contributed by atoms with Crippen molar-refractivity contribution in [3.63, 3.8) is 0 Å². The number of hydrogen-bond donors (Lipinski definition) is 2. The van der Waals surface area contributed by atoms with Gasteiger partial charge in [-0.25, -0.2) is 0 Å². The smallest absolute Gasteiger partial charge is 0.235 e. The lowest BCUT2D eigenvalue weighted by molar-refractivity contribution is -0.121. The summed E-state index contributed by atoms with van der Waals surface area (Å²) in [5, 5.41) is 4.35. The van der Waals surface area contributed by atoms with Crippen LogP contribution in [0.15, 0.2) is 48.7 Å². The van der Waals surface area contributed by atoms with E-state index < -0.39 is 0 Å². The van der Waals surface area contributed by atoms with Crippen LogP contribution in [0.4, 0.5) is 5.69 Å². The molecule has 1 spiro atoms. The minimum Gasteiger partial charge on any atom is -0.361 e. The number of benzene rings is 2. The van der Waals surface area contributed by atoms with Gasteiger partial charge in [-0.3, -0.25) is 4.79 Å². The van der Waals surface area contributed by atoms with E-state index >= 15 is 0 Å². The number of amides is 1. The predicted molar refractivity (Wildman–Crippen MR) is 97.1 cm³/mol. The molecule has 3 aromatic rings. The summed E-state index contributed by atoms with van der Waals surface area (Å²) in [6.07, 6.45) is 7.46. The van der Waals surface area contributed by atoms with E-state index in [2.05, 4.69) is 52.8 Å². The fourth-order valence-corrected chi connectivity index (χ4v) is 4.57. The van der Waals surface area contributed by atoms with E-state index in [0.717, 1.165) is 36.9 Å². The van der Waals surface area contributed by atoms with Crippen molar-refractivity contribution in [2.75, 3.05) is 5.32 Å². The fourth-order valence-electron chi connectivity index (χ4n) is 4.57. The van der Waals surface area contributed by atoms with Gasteiger partial charge in [-0.1, -0.05) is 37.5 Å². The number of carbonyl (C=O) groups is 1. The maximum atomic E-state index is 12.7. The maximum absolute atomic E-state index is 12.7. The van der Waals surface area contributed by atoms with E-state index in [9.17, 15) is 4.79 Å². The van der Waals surface area contributed by atoms with E-state index in [0.29, 0.717) is 0 Å². The maximum Gasteiger partial charge on any atom is 0.235 e. The van der Waals surface area contributed by atoms with Gasteiger partial charge in [-0.15, -0.1) is 0 Å². The van der Waals surface area contributed by atoms with E-state index in [-0.39, 0.29) is 11.3 Å². The summed E-state index contributed by atoms with van der Waals surface area (Å²) < 4.78 is 0. The molecule has 24 heavy (non-hydrogen) atoms. The van der Waals surface area contributed by atoms with Crippen LogP contribution >= 0.6 is 0 Å². The molecule has 1 aliphatic carbocycles. The number of H-pyrrole nitrogens is 1. The van der Waals surface area contributed by atoms with Crippen LogP contribution in [-0.4, -0.2) is 10.9 Å². The molecule has 1 amide bonds. The molecule has 120 valence electrons. The first-order valence-electron chi connectivity index (χ1n) is 8.80. The zero-order chi connectivity index (χ0) is 16.1. The van der Waals surface area contributed by atoms with E-state index in [1.807, 2.05) is 6.20 Å². The molecule has 0 atom stereocenters. The highest BCUT2D eigenvalue weighted by Gasteiger charge is 2.47. The lowest BCUT2D eigenvalue weighted by Crippen LogP contribution is -2.36. The molecule has 2 aliphatic rings. The van der Waals surface area contributed by atoms with Crippen molar-refractivity contribution in [3.8, 4) is 11.1 Å². The molecule has 2 heterocycles. The molecule has 0 saturated heterocycles. The molecule has 1 aliphatic heterocycles. The Balaban J connectivity index is 1.69. The third kappa shape index (κ3) is 1.81. The Morgan fingerprint density at radius 3 is 2.71 bits per heavy atom. The van der Waals surface area contributed by atoms with Crippen molar-refractivity contribution < 1.29 is 4.79 Å². The third-order valence-electron chi connectivity index (χ3n) is 5.83. The zero-order valence-electron chi connectivity index (χ0n) is 13.6. The Labute approximate surface area is 141 Å². The number of hydrogen-bond acceptors (Lipinski definition) is 1. The van der Waals surface area contributed by atoms with Crippen LogP contribution in [0.2, 0.25) is 0 Å². The number of nitrogens with one attached hydrogen (secondary N) is 2. The van der Waals surface area contributed by atoms with Crippen molar-refractivity contribution in [2.24, 2.45) is 0 Å². The number of fused-ring (bicyclic) bond motifs is 3. The Bertz CT molecular complexity index is 947. The molecular formula is C21H20N2O. The quantitative estimate of drug-likeness (QED) is 0.653. The Kier molecular flexibility index (Phi) is 2.87. The van der Waals surface area contributed by atoms with Gasteiger partial charge in [0.1, 0.15) is 0 Å². The molecule has 0 unspecified atom stereocenters. The number of aromatic nitrogens is 1. The van der Waals surface area contributed by atoms with Gasteiger partial charge in [-0.2, -0.15) is 0 Å². The lowest BCUT2D eigenvalue weighted by atomic mass is 9.70. The first-order valence-corrected chi connectivity index (χ1v) is 8.80. The Morgan fingerprint density at radius 1 is 0.958 bits per heavy atom. The second kappa shape index (κ2) is 4.97. The van der Waals surface area contributed by atoms with Gasteiger partial charge in [0.15, 0.2) is 0 Å². The van der Waals surface area contributed by atoms with Gasteiger partial charge in [0.2, 0.25) is 5.91 Å². The summed E-state index contributed by atoms with van der Waals surface area (Å²) in [5.74, 6) is 0.203. The molecule has 1 saturated carbocycles. The average Bonchev–Trinajstić information content (AvgIpc) is 3.20. The monoisotopic (exact) mass is 316 g/mol. The van der Waals surface area contributed by atoms with E-state index in [1.165, 1.54) is 28.5 Å². The molecule has 5 rings (SSSR count). The van der Waals surface area contributed by atoms with Crippen LogP contribution in [0.25, 0.3) is 22.0 Å². The second-order valence-electron chi connectivity index (χ2n) is 7.10. The summed E-state index contributed by atoms with van der Waals surface area (Å²) in [6, 6.07) is 14.9. The van der Waals surface area contributed by atoms with Crippen LogP contribution < -0.4 is 5.32 Å². The van der Waals surface area contributed by atoms with Crippen LogP contribution in [0.3, 0.4) is 0 Å². The van der Waals surface area contributed by atoms with Crippen molar-refractivity contribution in [1.29, 1.82) is 0 Å². The highest BCUT2D eigenvalue weighted by Crippen LogP contribution is 2.48. The molecule has 3 nitrogen and oxygen atoms in total. The summed E-state index contributed by atoms with van der Waals surface area (Å²) in [4.78, 5) is 16.0. The van der Waals surface area contributed by atoms with Gasteiger partial charge in [0.25, 0.3) is 0 Å². The minimum absolute atomic E-state index is 0.203. The number of anilines is 1. The lowest BCUT2D eigenvalue weighted by Gasteiger charge is -2.31. The first kappa shape index (κ1) is 13.8. The van der Waals surface area contributed by atoms with Crippen LogP contribution in [0.1, 0.15) is 37.7 Å². The highest BCUT2D eigenvalue weighted by atomic mass is 16.2. The van der Waals surface area contributed by atoms with Crippen molar-refractivity contribution in [2.45, 2.75) is 37.5 Å². The SMILES string of the molecule is O=C1Nc2ccc(-c3cccc4[nH]ccc34)cc2C12CCCCC2. The van der Waals surface area contributed by atoms with E-state index in [4.69, 9.17) is 0 Å². The van der Waals surface area contributed by atoms with Gasteiger partial charge >= 0.3 is 0 Å². The molecule has 2 aromatic carbocycles. The van der Waals surface area contributed by atoms with Crippen LogP contribution in [-0.2, 0) is 10.2 Å². The van der Waals surface area contributed by atoms with Crippen molar-refractivity contribution in [1.82, 2.24) is 4.98 Å². The largest absolute Gasteiger partial charge is 0.361 e. The predicted octanol–water partition coefficient (Wildman–Crippen LogP) is 4.99. The molecular weight excluding hydrogens is 296 g/mol. The van der Waals surface area contributed by atoms with Gasteiger partial charge in [0.05, 0.1) is 5.41 Å². The van der Waals surface area contributed by atoms with Gasteiger partial charge in [0, 0.05) is 22.8 Å². The van der Waals surface area contributed by atoms with E-state index in [1.54, 1.807) is 0 Å². The fraction of sp³-hybridized carbons (Fsp3) is 0.286. The molecule has 1 fully saturated rings. The van der Waals surface area contributed by atoms with Crippen LogP contribution in [0.5, 0.6) is 0 Å². The topological polar surface area (TPSA) is 44.9 Å². The summed E-state index contributed by atoms with van der Waals surface area (Å²) in [7, 11) is 0. The van der Waals surface area contributed by atoms with Crippen LogP contribution in [0, 0.1) is 0 Å². The number of carbonyl (C=O) groups excluding carboxylic acids is 1. The third-order valence-corrected chi connectivity index (χ3v) is 5.83. The summed E-state index contributed by atoms with van der Waals surface area (Å²) in [6.45, 7) is 0. The first-order chi connectivity index (χ1) is 11.8.